The van der Waals surface area contributed by atoms with Gasteiger partial charge in [-0.1, -0.05) is 5.21 Å². The Morgan fingerprint density at radius 1 is 1.25 bits per heavy atom. The van der Waals surface area contributed by atoms with E-state index in [4.69, 9.17) is 0 Å². The molecule has 0 spiro atoms. The lowest BCUT2D eigenvalue weighted by molar-refractivity contribution is -0.137. The van der Waals surface area contributed by atoms with Crippen LogP contribution < -0.4 is 5.32 Å². The number of hydrogen-bond acceptors (Lipinski definition) is 5. The van der Waals surface area contributed by atoms with Gasteiger partial charge in [0.15, 0.2) is 11.5 Å². The van der Waals surface area contributed by atoms with Crippen molar-refractivity contribution in [1.29, 1.82) is 0 Å². The quantitative estimate of drug-likeness (QED) is 0.790. The molecule has 1 saturated heterocycles. The molecule has 0 atom stereocenters. The number of alkyl halides is 3. The van der Waals surface area contributed by atoms with Gasteiger partial charge in [0, 0.05) is 19.3 Å². The van der Waals surface area contributed by atoms with Crippen LogP contribution in [0.4, 0.5) is 13.2 Å². The molecule has 2 aromatic rings. The highest BCUT2D eigenvalue weighted by molar-refractivity contribution is 5.92. The van der Waals surface area contributed by atoms with E-state index in [9.17, 15) is 18.0 Å². The lowest BCUT2D eigenvalue weighted by Crippen LogP contribution is -2.40. The van der Waals surface area contributed by atoms with Crippen molar-refractivity contribution in [3.63, 3.8) is 0 Å². The summed E-state index contributed by atoms with van der Waals surface area (Å²) < 4.78 is 39.0. The topological polar surface area (TPSA) is 75.9 Å². The molecule has 1 aliphatic rings. The SMILES string of the molecule is CNCC1CCN(C(=O)c2cn(-c3ccc(C(F)(F)F)cn3)nn2)CC1.Cl.Cl. The number of likely N-dealkylation sites (tertiary alicyclic amines) is 1. The summed E-state index contributed by atoms with van der Waals surface area (Å²) in [5.74, 6) is 0.486. The molecule has 1 amide bonds. The molecule has 3 heterocycles. The molecule has 28 heavy (non-hydrogen) atoms. The fraction of sp³-hybridized carbons (Fsp3) is 0.500. The van der Waals surface area contributed by atoms with E-state index in [1.165, 1.54) is 16.9 Å². The summed E-state index contributed by atoms with van der Waals surface area (Å²) in [6.07, 6.45) is -0.501. The van der Waals surface area contributed by atoms with Crippen LogP contribution in [0.2, 0.25) is 0 Å². The number of nitrogens with one attached hydrogen (secondary N) is 1. The van der Waals surface area contributed by atoms with Crippen molar-refractivity contribution in [2.24, 2.45) is 5.92 Å². The lowest BCUT2D eigenvalue weighted by Gasteiger charge is -2.31. The maximum absolute atomic E-state index is 12.6. The van der Waals surface area contributed by atoms with Crippen LogP contribution in [0.1, 0.15) is 28.9 Å². The monoisotopic (exact) mass is 440 g/mol. The Labute approximate surface area is 172 Å². The van der Waals surface area contributed by atoms with E-state index in [2.05, 4.69) is 20.6 Å². The Morgan fingerprint density at radius 2 is 1.93 bits per heavy atom. The number of carbonyl (C=O) groups excluding carboxylic acids is 1. The standard InChI is InChI=1S/C16H19F3N6O.2ClH/c1-20-8-11-4-6-24(7-5-11)15(26)13-10-25(23-22-13)14-3-2-12(9-21-14)16(17,18)19;;/h2-3,9-11,20H,4-8H2,1H3;2*1H. The predicted molar refractivity (Wildman–Crippen MR) is 101 cm³/mol. The molecular formula is C16H21Cl2F3N6O. The van der Waals surface area contributed by atoms with Crippen molar-refractivity contribution in [2.45, 2.75) is 19.0 Å². The zero-order chi connectivity index (χ0) is 18.7. The zero-order valence-electron chi connectivity index (χ0n) is 15.0. The maximum Gasteiger partial charge on any atom is 0.417 e. The van der Waals surface area contributed by atoms with Crippen molar-refractivity contribution in [3.8, 4) is 5.82 Å². The first kappa shape index (κ1) is 24.1. The molecule has 0 aliphatic carbocycles. The fourth-order valence-corrected chi connectivity index (χ4v) is 2.95. The number of nitrogens with zero attached hydrogens (tertiary/aromatic N) is 5. The third-order valence-electron chi connectivity index (χ3n) is 4.42. The number of carbonyl (C=O) groups is 1. The normalized spacial score (nSPS) is 14.9. The summed E-state index contributed by atoms with van der Waals surface area (Å²) in [4.78, 5) is 18.0. The lowest BCUT2D eigenvalue weighted by atomic mass is 9.97. The van der Waals surface area contributed by atoms with Crippen LogP contribution in [0.25, 0.3) is 5.82 Å². The molecule has 0 bridgehead atoms. The average Bonchev–Trinajstić information content (AvgIpc) is 3.11. The number of halogens is 5. The highest BCUT2D eigenvalue weighted by Gasteiger charge is 2.31. The second-order valence-corrected chi connectivity index (χ2v) is 6.24. The Hall–Kier alpha value is -1.91. The molecule has 0 radical (unpaired) electrons. The van der Waals surface area contributed by atoms with Gasteiger partial charge in [-0.2, -0.15) is 13.2 Å². The largest absolute Gasteiger partial charge is 0.417 e. The van der Waals surface area contributed by atoms with E-state index in [1.807, 2.05) is 7.05 Å². The van der Waals surface area contributed by atoms with Gasteiger partial charge in [-0.3, -0.25) is 4.79 Å². The summed E-state index contributed by atoms with van der Waals surface area (Å²) >= 11 is 0. The Balaban J connectivity index is 0.00000196. The third kappa shape index (κ3) is 5.55. The van der Waals surface area contributed by atoms with Crippen LogP contribution >= 0.6 is 24.8 Å². The van der Waals surface area contributed by atoms with Crippen LogP contribution in [0.5, 0.6) is 0 Å². The van der Waals surface area contributed by atoms with Crippen LogP contribution in [0, 0.1) is 5.92 Å². The van der Waals surface area contributed by atoms with E-state index < -0.39 is 11.7 Å². The third-order valence-corrected chi connectivity index (χ3v) is 4.42. The van der Waals surface area contributed by atoms with Crippen LogP contribution in [0.15, 0.2) is 24.5 Å². The molecular weight excluding hydrogens is 420 g/mol. The molecule has 7 nitrogen and oxygen atoms in total. The number of rotatable bonds is 4. The van der Waals surface area contributed by atoms with Crippen LogP contribution in [-0.2, 0) is 6.18 Å². The minimum Gasteiger partial charge on any atom is -0.337 e. The molecule has 0 unspecified atom stereocenters. The first-order valence-electron chi connectivity index (χ1n) is 8.28. The molecule has 1 N–H and O–H groups in total. The van der Waals surface area contributed by atoms with Gasteiger partial charge >= 0.3 is 6.18 Å². The van der Waals surface area contributed by atoms with E-state index >= 15 is 0 Å². The Bertz CT molecular complexity index is 760. The van der Waals surface area contributed by atoms with Crippen molar-refractivity contribution in [1.82, 2.24) is 30.2 Å². The second kappa shape index (κ2) is 10.0. The molecule has 0 aromatic carbocycles. The van der Waals surface area contributed by atoms with Crippen molar-refractivity contribution < 1.29 is 18.0 Å². The number of pyridine rings is 1. The van der Waals surface area contributed by atoms with Gasteiger partial charge in [-0.05, 0) is 44.5 Å². The summed E-state index contributed by atoms with van der Waals surface area (Å²) in [5.41, 5.74) is -0.694. The molecule has 2 aromatic heterocycles. The van der Waals surface area contributed by atoms with Gasteiger partial charge < -0.3 is 10.2 Å². The molecule has 12 heteroatoms. The van der Waals surface area contributed by atoms with E-state index in [-0.39, 0.29) is 42.2 Å². The molecule has 156 valence electrons. The van der Waals surface area contributed by atoms with Crippen LogP contribution in [-0.4, -0.2) is 57.5 Å². The van der Waals surface area contributed by atoms with E-state index in [0.29, 0.717) is 19.0 Å². The van der Waals surface area contributed by atoms with E-state index in [1.54, 1.807) is 4.90 Å². The van der Waals surface area contributed by atoms with Gasteiger partial charge in [0.05, 0.1) is 11.8 Å². The highest BCUT2D eigenvalue weighted by atomic mass is 35.5. The van der Waals surface area contributed by atoms with Crippen molar-refractivity contribution in [3.05, 3.63) is 35.8 Å². The molecule has 1 aliphatic heterocycles. The summed E-state index contributed by atoms with van der Waals surface area (Å²) in [6.45, 7) is 2.23. The van der Waals surface area contributed by atoms with Gasteiger partial charge in [0.25, 0.3) is 5.91 Å². The smallest absolute Gasteiger partial charge is 0.337 e. The zero-order valence-corrected chi connectivity index (χ0v) is 16.6. The number of aromatic nitrogens is 4. The minimum atomic E-state index is -4.45. The Kier molecular flexibility index (Phi) is 8.65. The summed E-state index contributed by atoms with van der Waals surface area (Å²) in [5, 5.41) is 10.8. The minimum absolute atomic E-state index is 0. The van der Waals surface area contributed by atoms with Gasteiger partial charge in [0.1, 0.15) is 0 Å². The molecule has 3 rings (SSSR count). The van der Waals surface area contributed by atoms with Crippen LogP contribution in [0.3, 0.4) is 0 Å². The summed E-state index contributed by atoms with van der Waals surface area (Å²) in [7, 11) is 1.91. The van der Waals surface area contributed by atoms with Crippen molar-refractivity contribution in [2.75, 3.05) is 26.7 Å². The van der Waals surface area contributed by atoms with E-state index in [0.717, 1.165) is 31.6 Å². The second-order valence-electron chi connectivity index (χ2n) is 6.24. The summed E-state index contributed by atoms with van der Waals surface area (Å²) in [6, 6.07) is 2.10. The van der Waals surface area contributed by atoms with Gasteiger partial charge in [-0.15, -0.1) is 29.9 Å². The number of hydrogen-bond donors (Lipinski definition) is 1. The van der Waals surface area contributed by atoms with Crippen molar-refractivity contribution >= 4 is 30.7 Å². The fourth-order valence-electron chi connectivity index (χ4n) is 2.95. The first-order chi connectivity index (χ1) is 12.4. The van der Waals surface area contributed by atoms with Gasteiger partial charge in [0.2, 0.25) is 0 Å². The maximum atomic E-state index is 12.6. The molecule has 1 fully saturated rings. The molecule has 0 saturated carbocycles. The Morgan fingerprint density at radius 3 is 2.46 bits per heavy atom. The predicted octanol–water partition coefficient (Wildman–Crippen LogP) is 2.60. The number of piperidine rings is 1. The first-order valence-corrected chi connectivity index (χ1v) is 8.28. The van der Waals surface area contributed by atoms with Gasteiger partial charge in [-0.25, -0.2) is 9.67 Å². The average molecular weight is 441 g/mol. The number of amides is 1. The highest BCUT2D eigenvalue weighted by Crippen LogP contribution is 2.28.